The molecule has 1 aromatic rings. The molecule has 0 unspecified atom stereocenters. The molecule has 1 amide bonds. The lowest BCUT2D eigenvalue weighted by molar-refractivity contribution is -0.153. The summed E-state index contributed by atoms with van der Waals surface area (Å²) in [5.74, 6) is 0.257. The van der Waals surface area contributed by atoms with Gasteiger partial charge in [0.05, 0.1) is 17.4 Å². The number of hydrogen-bond acceptors (Lipinski definition) is 6. The van der Waals surface area contributed by atoms with Gasteiger partial charge in [0.25, 0.3) is 5.91 Å². The molecule has 8 nitrogen and oxygen atoms in total. The molecule has 154 valence electrons. The van der Waals surface area contributed by atoms with Crippen molar-refractivity contribution < 1.29 is 27.5 Å². The van der Waals surface area contributed by atoms with Gasteiger partial charge in [0, 0.05) is 26.2 Å². The van der Waals surface area contributed by atoms with Crippen LogP contribution in [0.2, 0.25) is 0 Å². The number of nitrogens with zero attached hydrogens (tertiary/aromatic N) is 2. The van der Waals surface area contributed by atoms with Crippen molar-refractivity contribution in [2.24, 2.45) is 11.8 Å². The molecular formula is C19H26N2O6S. The molecule has 1 aliphatic carbocycles. The van der Waals surface area contributed by atoms with Crippen LogP contribution >= 0.6 is 0 Å². The number of esters is 1. The van der Waals surface area contributed by atoms with Gasteiger partial charge in [0.15, 0.2) is 6.61 Å². The first kappa shape index (κ1) is 20.6. The molecule has 1 saturated heterocycles. The minimum Gasteiger partial charge on any atom is -0.494 e. The molecule has 3 rings (SSSR count). The molecule has 0 radical (unpaired) electrons. The summed E-state index contributed by atoms with van der Waals surface area (Å²) in [5.41, 5.74) is 0. The summed E-state index contributed by atoms with van der Waals surface area (Å²) >= 11 is 0. The van der Waals surface area contributed by atoms with Crippen LogP contribution in [0.3, 0.4) is 0 Å². The van der Waals surface area contributed by atoms with Crippen molar-refractivity contribution in [3.8, 4) is 5.75 Å². The van der Waals surface area contributed by atoms with Crippen molar-refractivity contribution in [2.75, 3.05) is 39.4 Å². The smallest absolute Gasteiger partial charge is 0.309 e. The molecular weight excluding hydrogens is 384 g/mol. The van der Waals surface area contributed by atoms with Crippen LogP contribution in [0.25, 0.3) is 0 Å². The van der Waals surface area contributed by atoms with E-state index >= 15 is 0 Å². The third kappa shape index (κ3) is 4.64. The maximum atomic E-state index is 12.8. The monoisotopic (exact) mass is 410 g/mol. The van der Waals surface area contributed by atoms with Gasteiger partial charge in [-0.3, -0.25) is 9.59 Å². The Hall–Kier alpha value is -2.13. The lowest BCUT2D eigenvalue weighted by atomic mass is 10.3. The molecule has 2 atom stereocenters. The Labute approximate surface area is 165 Å². The third-order valence-electron chi connectivity index (χ3n) is 5.11. The van der Waals surface area contributed by atoms with Crippen LogP contribution in [-0.2, 0) is 24.3 Å². The summed E-state index contributed by atoms with van der Waals surface area (Å²) in [6, 6.07) is 6.31. The number of carbonyl (C=O) groups excluding carboxylic acids is 2. The fourth-order valence-corrected chi connectivity index (χ4v) is 4.61. The molecule has 0 spiro atoms. The minimum absolute atomic E-state index is 0.0797. The Bertz CT molecular complexity index is 815. The first-order valence-electron chi connectivity index (χ1n) is 9.50. The molecule has 0 N–H and O–H groups in total. The van der Waals surface area contributed by atoms with Crippen molar-refractivity contribution in [1.82, 2.24) is 9.21 Å². The van der Waals surface area contributed by atoms with Gasteiger partial charge < -0.3 is 14.4 Å². The standard InChI is InChI=1S/C19H26N2O6S/c1-3-26-15-4-6-16(7-5-15)28(24,25)21-10-8-20(9-11-21)18(22)13-27-19(23)17-12-14(17)2/h4-7,14,17H,3,8-13H2,1-2H3/t14-,17+/m0/s1. The Morgan fingerprint density at radius 3 is 2.25 bits per heavy atom. The second-order valence-electron chi connectivity index (χ2n) is 7.12. The maximum Gasteiger partial charge on any atom is 0.309 e. The van der Waals surface area contributed by atoms with Gasteiger partial charge in [0.2, 0.25) is 10.0 Å². The van der Waals surface area contributed by atoms with Crippen molar-refractivity contribution >= 4 is 21.9 Å². The number of benzene rings is 1. The average molecular weight is 410 g/mol. The van der Waals surface area contributed by atoms with E-state index in [1.165, 1.54) is 21.3 Å². The van der Waals surface area contributed by atoms with Gasteiger partial charge in [-0.2, -0.15) is 4.31 Å². The van der Waals surface area contributed by atoms with Crippen LogP contribution in [0.4, 0.5) is 0 Å². The molecule has 28 heavy (non-hydrogen) atoms. The van der Waals surface area contributed by atoms with E-state index in [1.54, 1.807) is 12.1 Å². The van der Waals surface area contributed by atoms with E-state index in [9.17, 15) is 18.0 Å². The molecule has 2 aliphatic rings. The third-order valence-corrected chi connectivity index (χ3v) is 7.03. The molecule has 9 heteroatoms. The highest BCUT2D eigenvalue weighted by molar-refractivity contribution is 7.89. The van der Waals surface area contributed by atoms with Crippen LogP contribution in [0.15, 0.2) is 29.2 Å². The number of ether oxygens (including phenoxy) is 2. The van der Waals surface area contributed by atoms with Gasteiger partial charge in [0.1, 0.15) is 5.75 Å². The molecule has 1 saturated carbocycles. The fourth-order valence-electron chi connectivity index (χ4n) is 3.18. The molecule has 1 aromatic carbocycles. The number of rotatable bonds is 7. The van der Waals surface area contributed by atoms with Crippen molar-refractivity contribution in [3.05, 3.63) is 24.3 Å². The Kier molecular flexibility index (Phi) is 6.24. The highest BCUT2D eigenvalue weighted by Gasteiger charge is 2.41. The van der Waals surface area contributed by atoms with Crippen molar-refractivity contribution in [2.45, 2.75) is 25.2 Å². The number of carbonyl (C=O) groups is 2. The lowest BCUT2D eigenvalue weighted by Crippen LogP contribution is -2.51. The summed E-state index contributed by atoms with van der Waals surface area (Å²) in [6.07, 6.45) is 0.815. The van der Waals surface area contributed by atoms with Crippen LogP contribution in [0.5, 0.6) is 5.75 Å². The van der Waals surface area contributed by atoms with Gasteiger partial charge in [-0.05, 0) is 43.5 Å². The Morgan fingerprint density at radius 1 is 1.11 bits per heavy atom. The van der Waals surface area contributed by atoms with E-state index < -0.39 is 10.0 Å². The SMILES string of the molecule is CCOc1ccc(S(=O)(=O)N2CCN(C(=O)COC(=O)[C@@H]3C[C@@H]3C)CC2)cc1. The predicted molar refractivity (Wildman–Crippen MR) is 101 cm³/mol. The summed E-state index contributed by atoms with van der Waals surface area (Å²) in [6.45, 7) is 5.00. The zero-order chi connectivity index (χ0) is 20.3. The zero-order valence-electron chi connectivity index (χ0n) is 16.2. The van der Waals surface area contributed by atoms with Crippen LogP contribution < -0.4 is 4.74 Å². The van der Waals surface area contributed by atoms with Crippen LogP contribution in [0.1, 0.15) is 20.3 Å². The number of amides is 1. The van der Waals surface area contributed by atoms with Crippen molar-refractivity contribution in [1.29, 1.82) is 0 Å². The van der Waals surface area contributed by atoms with Gasteiger partial charge >= 0.3 is 5.97 Å². The second kappa shape index (κ2) is 8.48. The van der Waals surface area contributed by atoms with E-state index in [4.69, 9.17) is 9.47 Å². The largest absolute Gasteiger partial charge is 0.494 e. The fraction of sp³-hybridized carbons (Fsp3) is 0.579. The Morgan fingerprint density at radius 2 is 1.71 bits per heavy atom. The van der Waals surface area contributed by atoms with E-state index in [-0.39, 0.29) is 55.5 Å². The topological polar surface area (TPSA) is 93.2 Å². The van der Waals surface area contributed by atoms with E-state index in [2.05, 4.69) is 0 Å². The summed E-state index contributed by atoms with van der Waals surface area (Å²) < 4.78 is 37.3. The molecule has 2 fully saturated rings. The number of hydrogen-bond donors (Lipinski definition) is 0. The summed E-state index contributed by atoms with van der Waals surface area (Å²) in [7, 11) is -3.62. The molecule has 0 bridgehead atoms. The lowest BCUT2D eigenvalue weighted by Gasteiger charge is -2.33. The number of sulfonamides is 1. The van der Waals surface area contributed by atoms with Gasteiger partial charge in [-0.25, -0.2) is 8.42 Å². The normalized spacial score (nSPS) is 22.6. The summed E-state index contributed by atoms with van der Waals surface area (Å²) in [4.78, 5) is 25.7. The van der Waals surface area contributed by atoms with Gasteiger partial charge in [-0.15, -0.1) is 0 Å². The zero-order valence-corrected chi connectivity index (χ0v) is 17.0. The maximum absolute atomic E-state index is 12.8. The second-order valence-corrected chi connectivity index (χ2v) is 9.05. The van der Waals surface area contributed by atoms with E-state index in [0.717, 1.165) is 6.42 Å². The molecule has 0 aromatic heterocycles. The highest BCUT2D eigenvalue weighted by atomic mass is 32.2. The van der Waals surface area contributed by atoms with E-state index in [0.29, 0.717) is 18.3 Å². The minimum atomic E-state index is -3.62. The highest BCUT2D eigenvalue weighted by Crippen LogP contribution is 2.38. The van der Waals surface area contributed by atoms with Crippen molar-refractivity contribution in [3.63, 3.8) is 0 Å². The quantitative estimate of drug-likeness (QED) is 0.626. The molecule has 1 heterocycles. The molecule has 1 aliphatic heterocycles. The summed E-state index contributed by atoms with van der Waals surface area (Å²) in [5, 5.41) is 0. The number of piperazine rings is 1. The van der Waals surface area contributed by atoms with E-state index in [1.807, 2.05) is 13.8 Å². The van der Waals surface area contributed by atoms with Gasteiger partial charge in [-0.1, -0.05) is 6.92 Å². The average Bonchev–Trinajstić information content (AvgIpc) is 3.43. The van der Waals surface area contributed by atoms with Crippen LogP contribution in [0, 0.1) is 11.8 Å². The van der Waals surface area contributed by atoms with Crippen LogP contribution in [-0.4, -0.2) is 68.9 Å². The first-order chi connectivity index (χ1) is 13.3. The predicted octanol–water partition coefficient (Wildman–Crippen LogP) is 1.12. The first-order valence-corrected chi connectivity index (χ1v) is 10.9. The Balaban J connectivity index is 1.50.